The lowest BCUT2D eigenvalue weighted by Crippen LogP contribution is -2.45. The summed E-state index contributed by atoms with van der Waals surface area (Å²) in [4.78, 5) is 25.2. The van der Waals surface area contributed by atoms with Crippen LogP contribution in [0.3, 0.4) is 0 Å². The zero-order valence-corrected chi connectivity index (χ0v) is 14.6. The lowest BCUT2D eigenvalue weighted by Gasteiger charge is -2.32. The van der Waals surface area contributed by atoms with Crippen LogP contribution in [0.15, 0.2) is 18.2 Å². The van der Waals surface area contributed by atoms with Crippen LogP contribution in [-0.2, 0) is 0 Å². The van der Waals surface area contributed by atoms with E-state index in [0.29, 0.717) is 31.3 Å². The number of piperidine rings is 1. The van der Waals surface area contributed by atoms with E-state index in [9.17, 15) is 14.9 Å². The highest BCUT2D eigenvalue weighted by atomic mass is 16.6. The van der Waals surface area contributed by atoms with Crippen LogP contribution in [0.4, 0.5) is 5.69 Å². The number of likely N-dealkylation sites (tertiary alicyclic amines) is 1. The summed E-state index contributed by atoms with van der Waals surface area (Å²) < 4.78 is 5.27. The first-order valence-corrected chi connectivity index (χ1v) is 9.02. The molecule has 2 aliphatic rings. The standard InChI is InChI=1S/C18H25N3O4/c1-2-25-17-6-5-14(11-16(17)21(23)24)18(22)20-9-7-15(8-10-20)19-12-13-3-4-13/h5-6,11,13,15,19H,2-4,7-10,12H2,1H3. The molecule has 1 saturated heterocycles. The molecule has 0 atom stereocenters. The molecule has 1 N–H and O–H groups in total. The third-order valence-corrected chi connectivity index (χ3v) is 4.88. The smallest absolute Gasteiger partial charge is 0.311 e. The van der Waals surface area contributed by atoms with Crippen LogP contribution >= 0.6 is 0 Å². The van der Waals surface area contributed by atoms with Crippen LogP contribution in [0, 0.1) is 16.0 Å². The third-order valence-electron chi connectivity index (χ3n) is 4.88. The number of carbonyl (C=O) groups excluding carboxylic acids is 1. The van der Waals surface area contributed by atoms with Crippen molar-refractivity contribution in [2.45, 2.75) is 38.6 Å². The van der Waals surface area contributed by atoms with Crippen LogP contribution in [0.1, 0.15) is 43.0 Å². The monoisotopic (exact) mass is 347 g/mol. The van der Waals surface area contributed by atoms with Crippen molar-refractivity contribution in [3.05, 3.63) is 33.9 Å². The number of hydrogen-bond donors (Lipinski definition) is 1. The molecule has 0 spiro atoms. The van der Waals surface area contributed by atoms with Gasteiger partial charge in [-0.25, -0.2) is 0 Å². The molecule has 7 nitrogen and oxygen atoms in total. The van der Waals surface area contributed by atoms with Gasteiger partial charge in [0, 0.05) is 30.8 Å². The lowest BCUT2D eigenvalue weighted by atomic mass is 10.0. The number of rotatable bonds is 7. The van der Waals surface area contributed by atoms with Crippen molar-refractivity contribution in [1.82, 2.24) is 10.2 Å². The molecule has 2 fully saturated rings. The zero-order valence-electron chi connectivity index (χ0n) is 14.6. The molecule has 7 heteroatoms. The molecule has 1 heterocycles. The molecule has 136 valence electrons. The second kappa shape index (κ2) is 7.82. The Bertz CT molecular complexity index is 637. The molecule has 1 amide bonds. The average molecular weight is 347 g/mol. The summed E-state index contributed by atoms with van der Waals surface area (Å²) in [6.07, 6.45) is 4.52. The minimum absolute atomic E-state index is 0.146. The van der Waals surface area contributed by atoms with E-state index in [4.69, 9.17) is 4.74 Å². The van der Waals surface area contributed by atoms with E-state index in [1.54, 1.807) is 17.9 Å². The van der Waals surface area contributed by atoms with E-state index < -0.39 is 4.92 Å². The summed E-state index contributed by atoms with van der Waals surface area (Å²) in [6.45, 7) is 4.56. The normalized spacial score (nSPS) is 18.2. The summed E-state index contributed by atoms with van der Waals surface area (Å²) >= 11 is 0. The number of benzene rings is 1. The van der Waals surface area contributed by atoms with Gasteiger partial charge in [0.25, 0.3) is 5.91 Å². The summed E-state index contributed by atoms with van der Waals surface area (Å²) in [5.74, 6) is 0.905. The fraction of sp³-hybridized carbons (Fsp3) is 0.611. The van der Waals surface area contributed by atoms with Crippen molar-refractivity contribution in [3.8, 4) is 5.75 Å². The highest BCUT2D eigenvalue weighted by Gasteiger charge is 2.27. The molecule has 0 aromatic heterocycles. The first kappa shape index (κ1) is 17.7. The number of carbonyl (C=O) groups is 1. The largest absolute Gasteiger partial charge is 0.487 e. The Hall–Kier alpha value is -2.15. The van der Waals surface area contributed by atoms with Crippen molar-refractivity contribution in [3.63, 3.8) is 0 Å². The van der Waals surface area contributed by atoms with Gasteiger partial charge in [-0.2, -0.15) is 0 Å². The Morgan fingerprint density at radius 3 is 2.64 bits per heavy atom. The highest BCUT2D eigenvalue weighted by molar-refractivity contribution is 5.95. The van der Waals surface area contributed by atoms with Crippen molar-refractivity contribution in [2.24, 2.45) is 5.92 Å². The Morgan fingerprint density at radius 2 is 2.04 bits per heavy atom. The van der Waals surface area contributed by atoms with Gasteiger partial charge in [-0.3, -0.25) is 14.9 Å². The summed E-state index contributed by atoms with van der Waals surface area (Å²) in [6, 6.07) is 4.92. The number of nitro groups is 1. The molecule has 0 unspecified atom stereocenters. The van der Waals surface area contributed by atoms with Gasteiger partial charge >= 0.3 is 5.69 Å². The van der Waals surface area contributed by atoms with Gasteiger partial charge in [-0.05, 0) is 57.2 Å². The van der Waals surface area contributed by atoms with Crippen LogP contribution in [-0.4, -0.2) is 48.0 Å². The number of amides is 1. The van der Waals surface area contributed by atoms with Crippen LogP contribution in [0.25, 0.3) is 0 Å². The predicted octanol–water partition coefficient (Wildman–Crippen LogP) is 2.60. The van der Waals surface area contributed by atoms with Crippen LogP contribution in [0.5, 0.6) is 5.75 Å². The second-order valence-electron chi connectivity index (χ2n) is 6.79. The van der Waals surface area contributed by atoms with Crippen LogP contribution < -0.4 is 10.1 Å². The average Bonchev–Trinajstić information content (AvgIpc) is 3.45. The van der Waals surface area contributed by atoms with Crippen LogP contribution in [0.2, 0.25) is 0 Å². The number of ether oxygens (including phenoxy) is 1. The van der Waals surface area contributed by atoms with Crippen molar-refractivity contribution in [1.29, 1.82) is 0 Å². The lowest BCUT2D eigenvalue weighted by molar-refractivity contribution is -0.385. The molecule has 0 radical (unpaired) electrons. The Morgan fingerprint density at radius 1 is 1.32 bits per heavy atom. The molecule has 0 bridgehead atoms. The van der Waals surface area contributed by atoms with E-state index in [0.717, 1.165) is 25.3 Å². The minimum atomic E-state index is -0.504. The number of nitrogens with one attached hydrogen (secondary N) is 1. The molecule has 1 aromatic carbocycles. The quantitative estimate of drug-likeness (QED) is 0.605. The topological polar surface area (TPSA) is 84.7 Å². The van der Waals surface area contributed by atoms with Crippen molar-refractivity contribution < 1.29 is 14.5 Å². The van der Waals surface area contributed by atoms with Gasteiger partial charge in [0.2, 0.25) is 0 Å². The number of nitro benzene ring substituents is 1. The molecule has 1 aliphatic heterocycles. The van der Waals surface area contributed by atoms with Crippen molar-refractivity contribution >= 4 is 11.6 Å². The first-order chi connectivity index (χ1) is 12.1. The highest BCUT2D eigenvalue weighted by Crippen LogP contribution is 2.29. The van der Waals surface area contributed by atoms with E-state index >= 15 is 0 Å². The minimum Gasteiger partial charge on any atom is -0.487 e. The molecular weight excluding hydrogens is 322 g/mol. The van der Waals surface area contributed by atoms with E-state index in [-0.39, 0.29) is 17.3 Å². The molecule has 1 aliphatic carbocycles. The maximum Gasteiger partial charge on any atom is 0.311 e. The maximum atomic E-state index is 12.7. The van der Waals surface area contributed by atoms with Gasteiger partial charge in [-0.15, -0.1) is 0 Å². The maximum absolute atomic E-state index is 12.7. The summed E-state index contributed by atoms with van der Waals surface area (Å²) in [7, 11) is 0. The van der Waals surface area contributed by atoms with E-state index in [2.05, 4.69) is 5.32 Å². The number of nitrogens with zero attached hydrogens (tertiary/aromatic N) is 2. The Labute approximate surface area is 147 Å². The number of hydrogen-bond acceptors (Lipinski definition) is 5. The van der Waals surface area contributed by atoms with E-state index in [1.165, 1.54) is 25.0 Å². The Balaban J connectivity index is 1.60. The first-order valence-electron chi connectivity index (χ1n) is 9.02. The van der Waals surface area contributed by atoms with Gasteiger partial charge in [0.15, 0.2) is 5.75 Å². The molecule has 25 heavy (non-hydrogen) atoms. The molecular formula is C18H25N3O4. The fourth-order valence-electron chi connectivity index (χ4n) is 3.20. The zero-order chi connectivity index (χ0) is 17.8. The third kappa shape index (κ3) is 4.48. The van der Waals surface area contributed by atoms with Gasteiger partial charge in [-0.1, -0.05) is 0 Å². The van der Waals surface area contributed by atoms with Crippen molar-refractivity contribution in [2.75, 3.05) is 26.2 Å². The predicted molar refractivity (Wildman–Crippen MR) is 93.9 cm³/mol. The molecule has 1 saturated carbocycles. The van der Waals surface area contributed by atoms with Gasteiger partial charge < -0.3 is 15.0 Å². The second-order valence-corrected chi connectivity index (χ2v) is 6.79. The Kier molecular flexibility index (Phi) is 5.53. The summed E-state index contributed by atoms with van der Waals surface area (Å²) in [5, 5.41) is 14.8. The van der Waals surface area contributed by atoms with Gasteiger partial charge in [0.05, 0.1) is 11.5 Å². The SMILES string of the molecule is CCOc1ccc(C(=O)N2CCC(NCC3CC3)CC2)cc1[N+](=O)[O-]. The van der Waals surface area contributed by atoms with Gasteiger partial charge in [0.1, 0.15) is 0 Å². The summed E-state index contributed by atoms with van der Waals surface area (Å²) in [5.41, 5.74) is 0.188. The van der Waals surface area contributed by atoms with E-state index in [1.807, 2.05) is 0 Å². The molecule has 1 aromatic rings. The molecule has 3 rings (SSSR count). The fourth-order valence-corrected chi connectivity index (χ4v) is 3.20.